The topological polar surface area (TPSA) is 60.1 Å². The Morgan fingerprint density at radius 2 is 0.615 bits per heavy atom. The molecule has 0 aromatic heterocycles. The van der Waals surface area contributed by atoms with E-state index in [-0.39, 0.29) is 0 Å². The Balaban J connectivity index is 2.95. The minimum Gasteiger partial charge on any atom is -0.317 e. The van der Waals surface area contributed by atoms with E-state index in [1.807, 2.05) is 0 Å². The average Bonchev–Trinajstić information content (AvgIpc) is 2.66. The molecule has 0 bridgehead atoms. The van der Waals surface area contributed by atoms with Gasteiger partial charge in [0.25, 0.3) is 0 Å². The second kappa shape index (κ2) is 24.8. The fraction of sp³-hybridized carbons (Fsp3) is 1.00. The Bertz CT molecular complexity index is 214. The third-order valence-electron chi connectivity index (χ3n) is 4.51. The highest BCUT2D eigenvalue weighted by Crippen LogP contribution is 1.90. The van der Waals surface area contributed by atoms with Crippen LogP contribution in [0.25, 0.3) is 0 Å². The van der Waals surface area contributed by atoms with Gasteiger partial charge in [0.05, 0.1) is 0 Å². The summed E-state index contributed by atoms with van der Waals surface area (Å²) in [6.07, 6.45) is 11.5. The molecule has 0 atom stereocenters. The van der Waals surface area contributed by atoms with E-state index in [2.05, 4.69) is 40.4 Å². The standard InChI is InChI=1S/C21H49N5/c1-3-13-23-15-7-8-17-25-19-11-12-21-26-20-10-9-18-24-16-6-5-14-22-4-2/h22-26H,3-21H2,1-2H3. The molecule has 0 amide bonds. The Morgan fingerprint density at radius 1 is 0.346 bits per heavy atom. The van der Waals surface area contributed by atoms with Crippen LogP contribution in [0.2, 0.25) is 0 Å². The summed E-state index contributed by atoms with van der Waals surface area (Å²) in [5.41, 5.74) is 0. The van der Waals surface area contributed by atoms with Crippen molar-refractivity contribution in [1.29, 1.82) is 0 Å². The molecule has 5 N–H and O–H groups in total. The van der Waals surface area contributed by atoms with Crippen LogP contribution >= 0.6 is 0 Å². The lowest BCUT2D eigenvalue weighted by Crippen LogP contribution is -2.23. The molecule has 0 saturated carbocycles. The number of rotatable bonds is 23. The van der Waals surface area contributed by atoms with Crippen LogP contribution in [0.5, 0.6) is 0 Å². The Kier molecular flexibility index (Phi) is 24.6. The van der Waals surface area contributed by atoms with Gasteiger partial charge in [0.2, 0.25) is 0 Å². The molecule has 0 aromatic rings. The van der Waals surface area contributed by atoms with Gasteiger partial charge in [-0.05, 0) is 123 Å². The summed E-state index contributed by atoms with van der Waals surface area (Å²) in [6, 6.07) is 0. The summed E-state index contributed by atoms with van der Waals surface area (Å²) in [6.45, 7) is 16.0. The highest BCUT2D eigenvalue weighted by atomic mass is 14.9. The fourth-order valence-corrected chi connectivity index (χ4v) is 2.85. The first-order valence-electron chi connectivity index (χ1n) is 11.4. The van der Waals surface area contributed by atoms with Gasteiger partial charge in [-0.1, -0.05) is 13.8 Å². The van der Waals surface area contributed by atoms with Crippen LogP contribution in [0.1, 0.15) is 71.6 Å². The van der Waals surface area contributed by atoms with Crippen LogP contribution in [-0.4, -0.2) is 65.4 Å². The molecule has 5 heteroatoms. The maximum absolute atomic E-state index is 3.57. The molecule has 0 spiro atoms. The lowest BCUT2D eigenvalue weighted by Gasteiger charge is -2.07. The van der Waals surface area contributed by atoms with Crippen molar-refractivity contribution in [3.05, 3.63) is 0 Å². The van der Waals surface area contributed by atoms with Gasteiger partial charge in [-0.15, -0.1) is 0 Å². The summed E-state index contributed by atoms with van der Waals surface area (Å²) >= 11 is 0. The SMILES string of the molecule is CCCNCCCCNCCCCNCCCCNCCCCNCC. The van der Waals surface area contributed by atoms with E-state index >= 15 is 0 Å². The first-order valence-corrected chi connectivity index (χ1v) is 11.4. The zero-order valence-electron chi connectivity index (χ0n) is 17.9. The quantitative estimate of drug-likeness (QED) is 0.179. The Hall–Kier alpha value is -0.200. The van der Waals surface area contributed by atoms with E-state index in [1.54, 1.807) is 0 Å². The lowest BCUT2D eigenvalue weighted by atomic mass is 10.2. The molecular formula is C21H49N5. The highest BCUT2D eigenvalue weighted by Gasteiger charge is 1.93. The zero-order chi connectivity index (χ0) is 19.0. The van der Waals surface area contributed by atoms with Crippen molar-refractivity contribution in [3.8, 4) is 0 Å². The van der Waals surface area contributed by atoms with Crippen LogP contribution in [0.3, 0.4) is 0 Å². The first-order chi connectivity index (χ1) is 12.9. The molecule has 0 rings (SSSR count). The summed E-state index contributed by atoms with van der Waals surface area (Å²) in [5, 5.41) is 17.5. The summed E-state index contributed by atoms with van der Waals surface area (Å²) in [7, 11) is 0. The summed E-state index contributed by atoms with van der Waals surface area (Å²) in [5.74, 6) is 0. The van der Waals surface area contributed by atoms with E-state index in [0.29, 0.717) is 0 Å². The van der Waals surface area contributed by atoms with E-state index in [1.165, 1.54) is 104 Å². The maximum Gasteiger partial charge on any atom is -0.00484 e. The molecule has 0 aliphatic carbocycles. The number of unbranched alkanes of at least 4 members (excludes halogenated alkanes) is 4. The second-order valence-corrected chi connectivity index (χ2v) is 7.18. The van der Waals surface area contributed by atoms with Crippen LogP contribution in [0, 0.1) is 0 Å². The largest absolute Gasteiger partial charge is 0.317 e. The van der Waals surface area contributed by atoms with Crippen LogP contribution in [0.15, 0.2) is 0 Å². The van der Waals surface area contributed by atoms with Crippen LogP contribution < -0.4 is 26.6 Å². The van der Waals surface area contributed by atoms with Gasteiger partial charge in [-0.2, -0.15) is 0 Å². The van der Waals surface area contributed by atoms with Crippen molar-refractivity contribution in [1.82, 2.24) is 26.6 Å². The fourth-order valence-electron chi connectivity index (χ4n) is 2.85. The van der Waals surface area contributed by atoms with Crippen molar-refractivity contribution >= 4 is 0 Å². The van der Waals surface area contributed by atoms with Gasteiger partial charge in [-0.25, -0.2) is 0 Å². The minimum absolute atomic E-state index is 1.09. The molecule has 0 aliphatic rings. The molecule has 5 nitrogen and oxygen atoms in total. The molecule has 0 aromatic carbocycles. The molecule has 0 unspecified atom stereocenters. The van der Waals surface area contributed by atoms with E-state index in [4.69, 9.17) is 0 Å². The number of nitrogens with one attached hydrogen (secondary N) is 5. The average molecular weight is 372 g/mol. The second-order valence-electron chi connectivity index (χ2n) is 7.18. The monoisotopic (exact) mass is 371 g/mol. The highest BCUT2D eigenvalue weighted by molar-refractivity contribution is 4.56. The van der Waals surface area contributed by atoms with Gasteiger partial charge in [-0.3, -0.25) is 0 Å². The zero-order valence-corrected chi connectivity index (χ0v) is 17.9. The minimum atomic E-state index is 1.09. The molecule has 0 heterocycles. The van der Waals surface area contributed by atoms with Crippen molar-refractivity contribution in [2.45, 2.75) is 71.6 Å². The third-order valence-corrected chi connectivity index (χ3v) is 4.51. The van der Waals surface area contributed by atoms with Crippen molar-refractivity contribution in [3.63, 3.8) is 0 Å². The molecule has 26 heavy (non-hydrogen) atoms. The van der Waals surface area contributed by atoms with Crippen molar-refractivity contribution in [2.75, 3.05) is 65.4 Å². The Labute approximate surface area is 164 Å². The molecule has 0 radical (unpaired) electrons. The smallest absolute Gasteiger partial charge is 0.00484 e. The molecule has 0 aliphatic heterocycles. The summed E-state index contributed by atoms with van der Waals surface area (Å²) < 4.78 is 0. The molecule has 0 fully saturated rings. The van der Waals surface area contributed by atoms with Crippen LogP contribution in [0.4, 0.5) is 0 Å². The van der Waals surface area contributed by atoms with Gasteiger partial charge in [0.1, 0.15) is 0 Å². The third kappa shape index (κ3) is 23.8. The van der Waals surface area contributed by atoms with E-state index in [0.717, 1.165) is 19.6 Å². The van der Waals surface area contributed by atoms with E-state index in [9.17, 15) is 0 Å². The van der Waals surface area contributed by atoms with Crippen molar-refractivity contribution in [2.24, 2.45) is 0 Å². The predicted octanol–water partition coefficient (Wildman–Crippen LogP) is 2.49. The first kappa shape index (κ1) is 25.8. The summed E-state index contributed by atoms with van der Waals surface area (Å²) in [4.78, 5) is 0. The lowest BCUT2D eigenvalue weighted by molar-refractivity contribution is 0.536. The van der Waals surface area contributed by atoms with E-state index < -0.39 is 0 Å². The number of hydrogen-bond acceptors (Lipinski definition) is 5. The van der Waals surface area contributed by atoms with Crippen LogP contribution in [-0.2, 0) is 0 Å². The molecule has 158 valence electrons. The maximum atomic E-state index is 3.57. The van der Waals surface area contributed by atoms with Gasteiger partial charge >= 0.3 is 0 Å². The van der Waals surface area contributed by atoms with Gasteiger partial charge in [0, 0.05) is 0 Å². The molecular weight excluding hydrogens is 322 g/mol. The molecule has 0 saturated heterocycles. The van der Waals surface area contributed by atoms with Gasteiger partial charge < -0.3 is 26.6 Å². The normalized spacial score (nSPS) is 11.3. The van der Waals surface area contributed by atoms with Gasteiger partial charge in [0.15, 0.2) is 0 Å². The predicted molar refractivity (Wildman–Crippen MR) is 117 cm³/mol. The number of hydrogen-bond donors (Lipinski definition) is 5. The van der Waals surface area contributed by atoms with Crippen molar-refractivity contribution < 1.29 is 0 Å². The Morgan fingerprint density at radius 3 is 0.885 bits per heavy atom.